The number of rotatable bonds is 5. The number of halogens is 2. The lowest BCUT2D eigenvalue weighted by Gasteiger charge is -2.09. The van der Waals surface area contributed by atoms with Crippen LogP contribution in [0, 0.1) is 19.7 Å². The van der Waals surface area contributed by atoms with E-state index in [4.69, 9.17) is 11.6 Å². The Bertz CT molecular complexity index is 941. The number of benzene rings is 2. The predicted molar refractivity (Wildman–Crippen MR) is 103 cm³/mol. The van der Waals surface area contributed by atoms with E-state index in [1.54, 1.807) is 18.2 Å². The summed E-state index contributed by atoms with van der Waals surface area (Å²) in [4.78, 5) is 13.4. The van der Waals surface area contributed by atoms with Gasteiger partial charge in [0.05, 0.1) is 15.6 Å². The van der Waals surface area contributed by atoms with Gasteiger partial charge in [0.2, 0.25) is 0 Å². The molecule has 3 N–H and O–H groups in total. The van der Waals surface area contributed by atoms with Gasteiger partial charge in [0.1, 0.15) is 5.82 Å². The second-order valence-corrected chi connectivity index (χ2v) is 6.85. The van der Waals surface area contributed by atoms with Crippen molar-refractivity contribution in [2.75, 3.05) is 10.0 Å². The molecule has 3 rings (SSSR count). The van der Waals surface area contributed by atoms with Gasteiger partial charge in [-0.3, -0.25) is 9.89 Å². The van der Waals surface area contributed by atoms with E-state index in [-0.39, 0.29) is 10.9 Å². The van der Waals surface area contributed by atoms with Crippen LogP contribution in [0.15, 0.2) is 47.4 Å². The number of nitrogens with one attached hydrogen (secondary N) is 3. The highest BCUT2D eigenvalue weighted by molar-refractivity contribution is 8.00. The molecule has 3 aromatic rings. The number of aromatic nitrogens is 2. The molecule has 134 valence electrons. The molecule has 1 amide bonds. The molecule has 0 unspecified atom stereocenters. The Morgan fingerprint density at radius 2 is 2.00 bits per heavy atom. The van der Waals surface area contributed by atoms with Crippen LogP contribution in [0.2, 0.25) is 5.02 Å². The Labute approximate surface area is 159 Å². The molecule has 1 heterocycles. The third kappa shape index (κ3) is 4.17. The number of H-pyrrole nitrogens is 1. The number of anilines is 2. The van der Waals surface area contributed by atoms with Crippen molar-refractivity contribution in [2.45, 2.75) is 18.7 Å². The minimum absolute atomic E-state index is 0.0412. The van der Waals surface area contributed by atoms with Crippen LogP contribution >= 0.6 is 23.5 Å². The van der Waals surface area contributed by atoms with Gasteiger partial charge in [0.15, 0.2) is 0 Å². The molecule has 26 heavy (non-hydrogen) atoms. The van der Waals surface area contributed by atoms with Crippen LogP contribution in [0.4, 0.5) is 15.8 Å². The Morgan fingerprint density at radius 3 is 2.69 bits per heavy atom. The zero-order valence-corrected chi connectivity index (χ0v) is 15.6. The molecule has 0 radical (unpaired) electrons. The first-order valence-electron chi connectivity index (χ1n) is 7.75. The van der Waals surface area contributed by atoms with E-state index >= 15 is 0 Å². The van der Waals surface area contributed by atoms with Gasteiger partial charge in [0, 0.05) is 22.6 Å². The van der Waals surface area contributed by atoms with Crippen LogP contribution in [0.25, 0.3) is 0 Å². The molecule has 2 aromatic carbocycles. The Balaban J connectivity index is 1.70. The van der Waals surface area contributed by atoms with E-state index < -0.39 is 5.82 Å². The van der Waals surface area contributed by atoms with Crippen molar-refractivity contribution in [3.8, 4) is 0 Å². The number of carbonyl (C=O) groups excluding carboxylic acids is 1. The fourth-order valence-electron chi connectivity index (χ4n) is 2.30. The molecule has 0 spiro atoms. The normalized spacial score (nSPS) is 10.6. The van der Waals surface area contributed by atoms with Crippen LogP contribution in [0.3, 0.4) is 0 Å². The average Bonchev–Trinajstić information content (AvgIpc) is 2.94. The molecule has 0 aliphatic carbocycles. The molecule has 0 saturated carbocycles. The van der Waals surface area contributed by atoms with Gasteiger partial charge in [0.25, 0.3) is 5.91 Å². The second-order valence-electron chi connectivity index (χ2n) is 5.63. The largest absolute Gasteiger partial charge is 0.326 e. The van der Waals surface area contributed by atoms with Crippen molar-refractivity contribution >= 4 is 40.8 Å². The Kier molecular flexibility index (Phi) is 5.49. The maximum absolute atomic E-state index is 13.2. The molecule has 8 heteroatoms. The molecule has 0 bridgehead atoms. The van der Waals surface area contributed by atoms with Crippen molar-refractivity contribution in [1.29, 1.82) is 0 Å². The van der Waals surface area contributed by atoms with Crippen molar-refractivity contribution < 1.29 is 9.18 Å². The van der Waals surface area contributed by atoms with Crippen molar-refractivity contribution in [3.05, 3.63) is 70.3 Å². The molecule has 5 nitrogen and oxygen atoms in total. The first-order valence-corrected chi connectivity index (χ1v) is 8.94. The summed E-state index contributed by atoms with van der Waals surface area (Å²) >= 11 is 7.16. The second kappa shape index (κ2) is 7.80. The van der Waals surface area contributed by atoms with E-state index in [1.165, 1.54) is 30.1 Å². The summed E-state index contributed by atoms with van der Waals surface area (Å²) in [5.74, 6) is -0.838. The predicted octanol–water partition coefficient (Wildman–Crippen LogP) is 5.19. The summed E-state index contributed by atoms with van der Waals surface area (Å²) in [6.07, 6.45) is 0. The Hall–Kier alpha value is -2.51. The monoisotopic (exact) mass is 390 g/mol. The SMILES string of the molecule is Cc1n[nH]c(C)c1SNc1cccc(C(=O)Nc2ccc(F)c(Cl)c2)c1. The number of hydrogen-bond acceptors (Lipinski definition) is 4. The molecular formula is C18H16ClFN4OS. The van der Waals surface area contributed by atoms with Crippen molar-refractivity contribution in [3.63, 3.8) is 0 Å². The van der Waals surface area contributed by atoms with Gasteiger partial charge < -0.3 is 10.0 Å². The van der Waals surface area contributed by atoms with Crippen LogP contribution in [-0.4, -0.2) is 16.1 Å². The van der Waals surface area contributed by atoms with Gasteiger partial charge in [-0.1, -0.05) is 17.7 Å². The topological polar surface area (TPSA) is 69.8 Å². The molecule has 0 aliphatic rings. The molecule has 0 atom stereocenters. The molecule has 0 aliphatic heterocycles. The van der Waals surface area contributed by atoms with E-state index in [0.29, 0.717) is 11.3 Å². The van der Waals surface area contributed by atoms with Crippen LogP contribution in [0.5, 0.6) is 0 Å². The fraction of sp³-hybridized carbons (Fsp3) is 0.111. The zero-order valence-electron chi connectivity index (χ0n) is 14.1. The zero-order chi connectivity index (χ0) is 18.7. The minimum atomic E-state index is -0.530. The fourth-order valence-corrected chi connectivity index (χ4v) is 3.22. The third-order valence-corrected chi connectivity index (χ3v) is 5.07. The van der Waals surface area contributed by atoms with Gasteiger partial charge in [-0.2, -0.15) is 5.10 Å². The lowest BCUT2D eigenvalue weighted by Crippen LogP contribution is -2.12. The number of amides is 1. The highest BCUT2D eigenvalue weighted by Gasteiger charge is 2.10. The number of aryl methyl sites for hydroxylation is 2. The van der Waals surface area contributed by atoms with Crippen LogP contribution in [-0.2, 0) is 0 Å². The van der Waals surface area contributed by atoms with E-state index in [9.17, 15) is 9.18 Å². The molecular weight excluding hydrogens is 375 g/mol. The third-order valence-electron chi connectivity index (χ3n) is 3.63. The summed E-state index contributed by atoms with van der Waals surface area (Å²) in [7, 11) is 0. The highest BCUT2D eigenvalue weighted by Crippen LogP contribution is 2.26. The summed E-state index contributed by atoms with van der Waals surface area (Å²) in [6.45, 7) is 3.87. The Morgan fingerprint density at radius 1 is 1.19 bits per heavy atom. The van der Waals surface area contributed by atoms with Crippen molar-refractivity contribution in [2.24, 2.45) is 0 Å². The van der Waals surface area contributed by atoms with Crippen LogP contribution in [0.1, 0.15) is 21.7 Å². The highest BCUT2D eigenvalue weighted by atomic mass is 35.5. The van der Waals surface area contributed by atoms with E-state index in [0.717, 1.165) is 22.0 Å². The van der Waals surface area contributed by atoms with Gasteiger partial charge in [-0.25, -0.2) is 4.39 Å². The van der Waals surface area contributed by atoms with Gasteiger partial charge >= 0.3 is 0 Å². The standard InChI is InChI=1S/C18H16ClFN4OS/c1-10-17(11(2)23-22-10)26-24-14-5-3-4-12(8-14)18(25)21-13-6-7-16(20)15(19)9-13/h3-9,24H,1-2H3,(H,21,25)(H,22,23). The summed E-state index contributed by atoms with van der Waals surface area (Å²) < 4.78 is 16.4. The quantitative estimate of drug-likeness (QED) is 0.524. The number of nitrogens with zero attached hydrogens (tertiary/aromatic N) is 1. The number of carbonyl (C=O) groups is 1. The number of aromatic amines is 1. The summed E-state index contributed by atoms with van der Waals surface area (Å²) in [5, 5.41) is 9.73. The summed E-state index contributed by atoms with van der Waals surface area (Å²) in [5.41, 5.74) is 3.56. The average molecular weight is 391 g/mol. The first-order chi connectivity index (χ1) is 12.4. The van der Waals surface area contributed by atoms with Gasteiger partial charge in [-0.05, 0) is 62.2 Å². The lowest BCUT2D eigenvalue weighted by atomic mass is 10.2. The molecule has 1 aromatic heterocycles. The van der Waals surface area contributed by atoms with Crippen molar-refractivity contribution in [1.82, 2.24) is 10.2 Å². The van der Waals surface area contributed by atoms with E-state index in [1.807, 2.05) is 19.9 Å². The molecule has 0 fully saturated rings. The number of hydrogen-bond donors (Lipinski definition) is 3. The lowest BCUT2D eigenvalue weighted by molar-refractivity contribution is 0.102. The maximum atomic E-state index is 13.2. The van der Waals surface area contributed by atoms with Gasteiger partial charge in [-0.15, -0.1) is 0 Å². The first kappa shape index (κ1) is 18.3. The maximum Gasteiger partial charge on any atom is 0.255 e. The molecule has 0 saturated heterocycles. The summed E-state index contributed by atoms with van der Waals surface area (Å²) in [6, 6.07) is 11.1. The van der Waals surface area contributed by atoms with Crippen LogP contribution < -0.4 is 10.0 Å². The van der Waals surface area contributed by atoms with E-state index in [2.05, 4.69) is 20.2 Å². The minimum Gasteiger partial charge on any atom is -0.326 e. The smallest absolute Gasteiger partial charge is 0.255 e.